The highest BCUT2D eigenvalue weighted by molar-refractivity contribution is 7.89. The molecule has 112 valence electrons. The Balaban J connectivity index is 2.12. The first-order chi connectivity index (χ1) is 10.0. The van der Waals surface area contributed by atoms with E-state index in [1.807, 2.05) is 56.3 Å². The molecule has 1 N–H and O–H groups in total. The molecule has 1 atom stereocenters. The van der Waals surface area contributed by atoms with Crippen molar-refractivity contribution in [1.29, 1.82) is 0 Å². The van der Waals surface area contributed by atoms with E-state index in [-0.39, 0.29) is 6.04 Å². The molecule has 0 heterocycles. The fourth-order valence-electron chi connectivity index (χ4n) is 2.17. The normalized spacial score (nSPS) is 13.0. The molecule has 3 nitrogen and oxygen atoms in total. The molecule has 0 radical (unpaired) electrons. The average Bonchev–Trinajstić information content (AvgIpc) is 2.48. The SMILES string of the molecule is CC[C@@H](Cc1ccccc1)NS(=O)(=O)c1ccc(C)cc1. The number of aryl methyl sites for hydroxylation is 1. The third-order valence-corrected chi connectivity index (χ3v) is 5.01. The second-order valence-corrected chi connectivity index (χ2v) is 6.94. The van der Waals surface area contributed by atoms with Gasteiger partial charge in [0.1, 0.15) is 0 Å². The zero-order chi connectivity index (χ0) is 15.3. The molecular formula is C17H21NO2S. The van der Waals surface area contributed by atoms with Gasteiger partial charge in [-0.3, -0.25) is 0 Å². The summed E-state index contributed by atoms with van der Waals surface area (Å²) in [6, 6.07) is 16.7. The van der Waals surface area contributed by atoms with Crippen molar-refractivity contribution in [2.24, 2.45) is 0 Å². The second-order valence-electron chi connectivity index (χ2n) is 5.23. The van der Waals surface area contributed by atoms with Crippen LogP contribution in [0.25, 0.3) is 0 Å². The van der Waals surface area contributed by atoms with Crippen molar-refractivity contribution in [3.8, 4) is 0 Å². The molecule has 0 aliphatic rings. The average molecular weight is 303 g/mol. The topological polar surface area (TPSA) is 46.2 Å². The summed E-state index contributed by atoms with van der Waals surface area (Å²) in [6.45, 7) is 3.93. The minimum Gasteiger partial charge on any atom is -0.208 e. The van der Waals surface area contributed by atoms with Gasteiger partial charge in [-0.2, -0.15) is 0 Å². The van der Waals surface area contributed by atoms with E-state index in [2.05, 4.69) is 4.72 Å². The van der Waals surface area contributed by atoms with E-state index in [9.17, 15) is 8.42 Å². The zero-order valence-electron chi connectivity index (χ0n) is 12.4. The van der Waals surface area contributed by atoms with Crippen molar-refractivity contribution in [3.05, 3.63) is 65.7 Å². The Bertz CT molecular complexity index is 664. The number of sulfonamides is 1. The fraction of sp³-hybridized carbons (Fsp3) is 0.294. The van der Waals surface area contributed by atoms with Gasteiger partial charge in [0.25, 0.3) is 0 Å². The highest BCUT2D eigenvalue weighted by atomic mass is 32.2. The van der Waals surface area contributed by atoms with Gasteiger partial charge in [-0.05, 0) is 37.5 Å². The van der Waals surface area contributed by atoms with Crippen LogP contribution < -0.4 is 4.72 Å². The van der Waals surface area contributed by atoms with E-state index < -0.39 is 10.0 Å². The van der Waals surface area contributed by atoms with E-state index in [0.717, 1.165) is 17.5 Å². The van der Waals surface area contributed by atoms with Crippen molar-refractivity contribution in [3.63, 3.8) is 0 Å². The minimum absolute atomic E-state index is 0.0984. The van der Waals surface area contributed by atoms with Crippen LogP contribution in [0, 0.1) is 6.92 Å². The van der Waals surface area contributed by atoms with E-state index in [0.29, 0.717) is 11.3 Å². The molecule has 0 aliphatic carbocycles. The molecule has 21 heavy (non-hydrogen) atoms. The summed E-state index contributed by atoms with van der Waals surface area (Å²) >= 11 is 0. The van der Waals surface area contributed by atoms with Gasteiger partial charge in [-0.15, -0.1) is 0 Å². The van der Waals surface area contributed by atoms with E-state index in [1.54, 1.807) is 12.1 Å². The van der Waals surface area contributed by atoms with E-state index in [1.165, 1.54) is 0 Å². The standard InChI is InChI=1S/C17H21NO2S/c1-3-16(13-15-7-5-4-6-8-15)18-21(19,20)17-11-9-14(2)10-12-17/h4-12,16,18H,3,13H2,1-2H3/t16-/m0/s1. The maximum Gasteiger partial charge on any atom is 0.240 e. The maximum absolute atomic E-state index is 12.4. The molecule has 0 aromatic heterocycles. The highest BCUT2D eigenvalue weighted by Crippen LogP contribution is 2.13. The first kappa shape index (κ1) is 15.7. The monoisotopic (exact) mass is 303 g/mol. The van der Waals surface area contributed by atoms with Gasteiger partial charge < -0.3 is 0 Å². The minimum atomic E-state index is -3.46. The number of rotatable bonds is 6. The highest BCUT2D eigenvalue weighted by Gasteiger charge is 2.19. The summed E-state index contributed by atoms with van der Waals surface area (Å²) in [7, 11) is -3.46. The lowest BCUT2D eigenvalue weighted by atomic mass is 10.1. The summed E-state index contributed by atoms with van der Waals surface area (Å²) < 4.78 is 27.6. The van der Waals surface area contributed by atoms with Gasteiger partial charge in [0.15, 0.2) is 0 Å². The number of hydrogen-bond acceptors (Lipinski definition) is 2. The lowest BCUT2D eigenvalue weighted by Crippen LogP contribution is -2.35. The van der Waals surface area contributed by atoms with E-state index >= 15 is 0 Å². The van der Waals surface area contributed by atoms with Gasteiger partial charge in [0, 0.05) is 6.04 Å². The predicted molar refractivity (Wildman–Crippen MR) is 85.7 cm³/mol. The summed E-state index contributed by atoms with van der Waals surface area (Å²) in [4.78, 5) is 0.319. The van der Waals surface area contributed by atoms with Crippen LogP contribution in [0.3, 0.4) is 0 Å². The Morgan fingerprint density at radius 3 is 2.19 bits per heavy atom. The Hall–Kier alpha value is -1.65. The summed E-state index contributed by atoms with van der Waals surface area (Å²) in [5.41, 5.74) is 2.18. The van der Waals surface area contributed by atoms with Gasteiger partial charge >= 0.3 is 0 Å². The number of benzene rings is 2. The van der Waals surface area contributed by atoms with Crippen LogP contribution in [0.1, 0.15) is 24.5 Å². The quantitative estimate of drug-likeness (QED) is 0.890. The van der Waals surface area contributed by atoms with Crippen LogP contribution in [0.5, 0.6) is 0 Å². The molecule has 0 bridgehead atoms. The van der Waals surface area contributed by atoms with Crippen LogP contribution in [0.4, 0.5) is 0 Å². The first-order valence-corrected chi connectivity index (χ1v) is 8.62. The van der Waals surface area contributed by atoms with Crippen molar-refractivity contribution < 1.29 is 8.42 Å². The van der Waals surface area contributed by atoms with Gasteiger partial charge in [-0.25, -0.2) is 13.1 Å². The largest absolute Gasteiger partial charge is 0.240 e. The molecule has 0 spiro atoms. The van der Waals surface area contributed by atoms with Gasteiger partial charge in [-0.1, -0.05) is 55.0 Å². The Morgan fingerprint density at radius 2 is 1.62 bits per heavy atom. The lowest BCUT2D eigenvalue weighted by molar-refractivity contribution is 0.537. The molecule has 2 aromatic rings. The maximum atomic E-state index is 12.4. The lowest BCUT2D eigenvalue weighted by Gasteiger charge is -2.17. The third kappa shape index (κ3) is 4.41. The van der Waals surface area contributed by atoms with Crippen LogP contribution >= 0.6 is 0 Å². The van der Waals surface area contributed by atoms with E-state index in [4.69, 9.17) is 0 Å². The van der Waals surface area contributed by atoms with Crippen molar-refractivity contribution in [1.82, 2.24) is 4.72 Å². The van der Waals surface area contributed by atoms with Gasteiger partial charge in [0.2, 0.25) is 10.0 Å². The van der Waals surface area contributed by atoms with Crippen LogP contribution in [0.2, 0.25) is 0 Å². The van der Waals surface area contributed by atoms with Crippen molar-refractivity contribution >= 4 is 10.0 Å². The number of hydrogen-bond donors (Lipinski definition) is 1. The Labute approximate surface area is 127 Å². The molecule has 0 saturated heterocycles. The van der Waals surface area contributed by atoms with Crippen LogP contribution in [-0.4, -0.2) is 14.5 Å². The number of nitrogens with one attached hydrogen (secondary N) is 1. The Morgan fingerprint density at radius 1 is 1.00 bits per heavy atom. The van der Waals surface area contributed by atoms with Crippen molar-refractivity contribution in [2.75, 3.05) is 0 Å². The second kappa shape index (κ2) is 6.87. The zero-order valence-corrected chi connectivity index (χ0v) is 13.2. The van der Waals surface area contributed by atoms with Crippen molar-refractivity contribution in [2.45, 2.75) is 37.6 Å². The molecule has 0 unspecified atom stereocenters. The molecule has 0 fully saturated rings. The Kier molecular flexibility index (Phi) is 5.15. The molecule has 2 aromatic carbocycles. The molecular weight excluding hydrogens is 282 g/mol. The molecule has 2 rings (SSSR count). The summed E-state index contributed by atoms with van der Waals surface area (Å²) in [5, 5.41) is 0. The predicted octanol–water partition coefficient (Wildman–Crippen LogP) is 3.29. The molecule has 0 amide bonds. The first-order valence-electron chi connectivity index (χ1n) is 7.14. The molecule has 4 heteroatoms. The van der Waals surface area contributed by atoms with Crippen LogP contribution in [0.15, 0.2) is 59.5 Å². The van der Waals surface area contributed by atoms with Gasteiger partial charge in [0.05, 0.1) is 4.90 Å². The molecule has 0 aliphatic heterocycles. The summed E-state index contributed by atoms with van der Waals surface area (Å²) in [6.07, 6.45) is 1.45. The summed E-state index contributed by atoms with van der Waals surface area (Å²) in [5.74, 6) is 0. The third-order valence-electron chi connectivity index (χ3n) is 3.47. The smallest absolute Gasteiger partial charge is 0.208 e. The fourth-order valence-corrected chi connectivity index (χ4v) is 3.49. The van der Waals surface area contributed by atoms with Crippen LogP contribution in [-0.2, 0) is 16.4 Å². The molecule has 0 saturated carbocycles.